The monoisotopic (exact) mass is 172 g/mol. The summed E-state index contributed by atoms with van der Waals surface area (Å²) in [6, 6.07) is 0. The minimum atomic E-state index is 0.435. The van der Waals surface area contributed by atoms with Gasteiger partial charge in [0.1, 0.15) is 7.85 Å². The second-order valence-electron chi connectivity index (χ2n) is 4.60. The van der Waals surface area contributed by atoms with Gasteiger partial charge in [-0.2, -0.15) is 11.8 Å². The van der Waals surface area contributed by atoms with Crippen LogP contribution in [0.1, 0.15) is 34.1 Å². The highest BCUT2D eigenvalue weighted by molar-refractivity contribution is 7.98. The van der Waals surface area contributed by atoms with E-state index in [0.717, 1.165) is 0 Å². The molecule has 0 N–H and O–H groups in total. The lowest BCUT2D eigenvalue weighted by atomic mass is 9.55. The molecule has 0 radical (unpaired) electrons. The van der Waals surface area contributed by atoms with Crippen LogP contribution < -0.4 is 0 Å². The number of hydrogen-bond acceptors (Lipinski definition) is 1. The van der Waals surface area contributed by atoms with E-state index in [2.05, 4.69) is 41.8 Å². The zero-order valence-electron chi connectivity index (χ0n) is 8.82. The van der Waals surface area contributed by atoms with Gasteiger partial charge in [-0.05, 0) is 17.4 Å². The maximum absolute atomic E-state index is 2.39. The molecule has 0 nitrogen and oxygen atoms in total. The molecule has 1 atom stereocenters. The van der Waals surface area contributed by atoms with Crippen LogP contribution in [0, 0.1) is 5.41 Å². The first-order valence-electron chi connectivity index (χ1n) is 4.36. The number of rotatable bonds is 4. The lowest BCUT2D eigenvalue weighted by molar-refractivity contribution is 0.265. The van der Waals surface area contributed by atoms with Gasteiger partial charge in [-0.25, -0.2) is 0 Å². The van der Waals surface area contributed by atoms with Crippen molar-refractivity contribution < 1.29 is 0 Å². The highest BCUT2D eigenvalue weighted by Crippen LogP contribution is 2.46. The molecule has 0 heterocycles. The molecule has 0 aromatic heterocycles. The van der Waals surface area contributed by atoms with Crippen molar-refractivity contribution in [2.45, 2.75) is 39.4 Å². The number of thioether (sulfide) groups is 1. The molecule has 0 rings (SSSR count). The fraction of sp³-hybridized carbons (Fsp3) is 1.00. The Morgan fingerprint density at radius 3 is 1.82 bits per heavy atom. The van der Waals surface area contributed by atoms with Crippen LogP contribution >= 0.6 is 11.8 Å². The third kappa shape index (κ3) is 2.74. The summed E-state index contributed by atoms with van der Waals surface area (Å²) >= 11 is 1.96. The predicted molar refractivity (Wildman–Crippen MR) is 59.4 cm³/mol. The smallest absolute Gasteiger partial charge is 0.109 e. The Bertz CT molecular complexity index is 117. The molecule has 11 heavy (non-hydrogen) atoms. The van der Waals surface area contributed by atoms with Crippen molar-refractivity contribution in [1.29, 1.82) is 0 Å². The molecule has 2 heteroatoms. The highest BCUT2D eigenvalue weighted by Gasteiger charge is 2.34. The van der Waals surface area contributed by atoms with Crippen LogP contribution in [0.4, 0.5) is 0 Å². The molecule has 66 valence electrons. The standard InChI is InChI=1S/C9H21BS/c1-6-9(4,7-11-5)8(2,3)10/h6-7,10H2,1-5H3. The molecule has 0 saturated carbocycles. The Balaban J connectivity index is 4.33. The van der Waals surface area contributed by atoms with Gasteiger partial charge >= 0.3 is 0 Å². The largest absolute Gasteiger partial charge is 0.165 e. The van der Waals surface area contributed by atoms with Crippen LogP contribution in [0.15, 0.2) is 0 Å². The fourth-order valence-electron chi connectivity index (χ4n) is 1.17. The molecule has 0 aromatic rings. The molecule has 0 aliphatic heterocycles. The maximum atomic E-state index is 2.39. The van der Waals surface area contributed by atoms with Gasteiger partial charge in [-0.15, -0.1) is 0 Å². The molecule has 0 saturated heterocycles. The molecular formula is C9H21BS. The van der Waals surface area contributed by atoms with Crippen LogP contribution in [-0.2, 0) is 0 Å². The average molecular weight is 172 g/mol. The summed E-state index contributed by atoms with van der Waals surface area (Å²) in [6.45, 7) is 9.37. The van der Waals surface area contributed by atoms with Gasteiger partial charge in [0, 0.05) is 0 Å². The van der Waals surface area contributed by atoms with Crippen molar-refractivity contribution in [1.82, 2.24) is 0 Å². The van der Waals surface area contributed by atoms with Crippen LogP contribution in [0.2, 0.25) is 5.31 Å². The Labute approximate surface area is 76.9 Å². The van der Waals surface area contributed by atoms with E-state index < -0.39 is 0 Å². The van der Waals surface area contributed by atoms with Gasteiger partial charge in [0.05, 0.1) is 0 Å². The summed E-state index contributed by atoms with van der Waals surface area (Å²) in [7, 11) is 2.34. The molecule has 0 aromatic carbocycles. The van der Waals surface area contributed by atoms with E-state index in [-0.39, 0.29) is 0 Å². The molecule has 1 unspecified atom stereocenters. The molecule has 0 aliphatic carbocycles. The lowest BCUT2D eigenvalue weighted by Crippen LogP contribution is -2.31. The summed E-state index contributed by atoms with van der Waals surface area (Å²) < 4.78 is 0. The summed E-state index contributed by atoms with van der Waals surface area (Å²) in [5, 5.41) is 0.435. The summed E-state index contributed by atoms with van der Waals surface area (Å²) in [5.74, 6) is 1.27. The fourth-order valence-corrected chi connectivity index (χ4v) is 2.44. The van der Waals surface area contributed by atoms with Crippen molar-refractivity contribution in [3.05, 3.63) is 0 Å². The zero-order chi connectivity index (χ0) is 9.12. The van der Waals surface area contributed by atoms with E-state index in [9.17, 15) is 0 Å². The zero-order valence-corrected chi connectivity index (χ0v) is 9.64. The Morgan fingerprint density at radius 1 is 1.27 bits per heavy atom. The first kappa shape index (κ1) is 11.4. The predicted octanol–water partition coefficient (Wildman–Crippen LogP) is 2.60. The quantitative estimate of drug-likeness (QED) is 0.587. The molecule has 0 bridgehead atoms. The van der Waals surface area contributed by atoms with Gasteiger partial charge in [-0.1, -0.05) is 39.4 Å². The van der Waals surface area contributed by atoms with Gasteiger partial charge in [0.15, 0.2) is 0 Å². The van der Waals surface area contributed by atoms with Crippen LogP contribution in [-0.4, -0.2) is 19.9 Å². The van der Waals surface area contributed by atoms with Crippen LogP contribution in [0.3, 0.4) is 0 Å². The minimum absolute atomic E-state index is 0.435. The third-order valence-corrected chi connectivity index (χ3v) is 3.98. The Morgan fingerprint density at radius 2 is 1.73 bits per heavy atom. The van der Waals surface area contributed by atoms with Crippen molar-refractivity contribution in [3.63, 3.8) is 0 Å². The first-order valence-corrected chi connectivity index (χ1v) is 5.75. The summed E-state index contributed by atoms with van der Waals surface area (Å²) in [6.07, 6.45) is 3.47. The topological polar surface area (TPSA) is 0 Å². The summed E-state index contributed by atoms with van der Waals surface area (Å²) in [4.78, 5) is 0. The Kier molecular flexibility index (Phi) is 4.03. The van der Waals surface area contributed by atoms with Gasteiger partial charge < -0.3 is 0 Å². The van der Waals surface area contributed by atoms with E-state index >= 15 is 0 Å². The average Bonchev–Trinajstić information content (AvgIpc) is 1.86. The van der Waals surface area contributed by atoms with Crippen molar-refractivity contribution in [3.8, 4) is 0 Å². The van der Waals surface area contributed by atoms with Crippen molar-refractivity contribution >= 4 is 19.6 Å². The molecule has 0 spiro atoms. The second-order valence-corrected chi connectivity index (χ2v) is 5.46. The molecular weight excluding hydrogens is 151 g/mol. The van der Waals surface area contributed by atoms with E-state index in [1.165, 1.54) is 12.2 Å². The Hall–Kier alpha value is 0.415. The van der Waals surface area contributed by atoms with Gasteiger partial charge in [0.2, 0.25) is 0 Å². The van der Waals surface area contributed by atoms with E-state index in [1.54, 1.807) is 0 Å². The maximum Gasteiger partial charge on any atom is 0.109 e. The van der Waals surface area contributed by atoms with Crippen LogP contribution in [0.25, 0.3) is 0 Å². The number of hydrogen-bond donors (Lipinski definition) is 0. The van der Waals surface area contributed by atoms with E-state index in [0.29, 0.717) is 10.7 Å². The van der Waals surface area contributed by atoms with Crippen molar-refractivity contribution in [2.75, 3.05) is 12.0 Å². The normalized spacial score (nSPS) is 17.9. The lowest BCUT2D eigenvalue weighted by Gasteiger charge is -2.41. The van der Waals surface area contributed by atoms with Gasteiger partial charge in [0.25, 0.3) is 0 Å². The van der Waals surface area contributed by atoms with Crippen LogP contribution in [0.5, 0.6) is 0 Å². The van der Waals surface area contributed by atoms with E-state index in [4.69, 9.17) is 0 Å². The summed E-state index contributed by atoms with van der Waals surface area (Å²) in [5.41, 5.74) is 0.492. The third-order valence-electron chi connectivity index (χ3n) is 3.05. The van der Waals surface area contributed by atoms with Gasteiger partial charge in [-0.3, -0.25) is 0 Å². The van der Waals surface area contributed by atoms with E-state index in [1.807, 2.05) is 11.8 Å². The minimum Gasteiger partial charge on any atom is -0.165 e. The van der Waals surface area contributed by atoms with Crippen molar-refractivity contribution in [2.24, 2.45) is 5.41 Å². The molecule has 0 fully saturated rings. The SMILES string of the molecule is BC(C)(C)C(C)(CC)CSC. The first-order chi connectivity index (χ1) is 4.87. The highest BCUT2D eigenvalue weighted by atomic mass is 32.2. The molecule has 0 aliphatic rings. The molecule has 0 amide bonds. The second kappa shape index (κ2) is 3.89.